The van der Waals surface area contributed by atoms with Crippen molar-refractivity contribution in [2.75, 3.05) is 5.32 Å². The van der Waals surface area contributed by atoms with Gasteiger partial charge < -0.3 is 10.1 Å². The van der Waals surface area contributed by atoms with Gasteiger partial charge in [-0.3, -0.25) is 0 Å². The summed E-state index contributed by atoms with van der Waals surface area (Å²) < 4.78 is 8.52. The van der Waals surface area contributed by atoms with Crippen LogP contribution in [0, 0.1) is 6.92 Å². The van der Waals surface area contributed by atoms with Crippen LogP contribution >= 0.6 is 23.2 Å². The Hall–Kier alpha value is -3.28. The fraction of sp³-hybridized carbons (Fsp3) is 0.120. The second-order valence-electron chi connectivity index (χ2n) is 7.99. The Kier molecular flexibility index (Phi) is 4.49. The minimum absolute atomic E-state index is 0.213. The maximum Gasteiger partial charge on any atom is 0.226 e. The first-order valence-corrected chi connectivity index (χ1v) is 11.0. The predicted octanol–water partition coefficient (Wildman–Crippen LogP) is 6.45. The van der Waals surface area contributed by atoms with Gasteiger partial charge in [-0.2, -0.15) is 10.1 Å². The van der Waals surface area contributed by atoms with Gasteiger partial charge in [-0.25, -0.2) is 4.68 Å². The summed E-state index contributed by atoms with van der Waals surface area (Å²) in [5.74, 6) is 1.51. The van der Waals surface area contributed by atoms with Gasteiger partial charge in [-0.1, -0.05) is 59.1 Å². The van der Waals surface area contributed by atoms with Crippen LogP contribution in [0.15, 0.2) is 78.6 Å². The van der Waals surface area contributed by atoms with Crippen molar-refractivity contribution in [3.8, 4) is 5.75 Å². The van der Waals surface area contributed by atoms with Crippen molar-refractivity contribution in [3.63, 3.8) is 0 Å². The molecule has 0 bridgehead atoms. The van der Waals surface area contributed by atoms with E-state index in [0.717, 1.165) is 39.3 Å². The van der Waals surface area contributed by atoms with E-state index in [2.05, 4.69) is 34.5 Å². The Bertz CT molecular complexity index is 1360. The minimum atomic E-state index is -0.331. The number of halogens is 2. The predicted molar refractivity (Wildman–Crippen MR) is 126 cm³/mol. The fourth-order valence-corrected chi connectivity index (χ4v) is 4.71. The number of ether oxygens (including phenoxy) is 1. The number of rotatable bonds is 2. The van der Waals surface area contributed by atoms with E-state index in [0.29, 0.717) is 16.0 Å². The molecule has 6 rings (SSSR count). The molecule has 0 spiro atoms. The van der Waals surface area contributed by atoms with Gasteiger partial charge in [0.2, 0.25) is 5.95 Å². The highest BCUT2D eigenvalue weighted by atomic mass is 35.5. The van der Waals surface area contributed by atoms with Crippen molar-refractivity contribution in [1.82, 2.24) is 14.8 Å². The number of aromatic nitrogens is 3. The third-order valence-corrected chi connectivity index (χ3v) is 6.43. The highest BCUT2D eigenvalue weighted by Gasteiger charge is 2.40. The molecule has 1 aromatic heterocycles. The molecule has 1 N–H and O–H groups in total. The summed E-state index contributed by atoms with van der Waals surface area (Å²) >= 11 is 12.4. The van der Waals surface area contributed by atoms with Gasteiger partial charge >= 0.3 is 0 Å². The van der Waals surface area contributed by atoms with Crippen LogP contribution in [-0.4, -0.2) is 14.8 Å². The second kappa shape index (κ2) is 7.40. The molecule has 0 aliphatic carbocycles. The summed E-state index contributed by atoms with van der Waals surface area (Å²) in [6, 6.07) is 21.7. The topological polar surface area (TPSA) is 52.0 Å². The number of hydrogen-bond donors (Lipinski definition) is 1. The van der Waals surface area contributed by atoms with Crippen LogP contribution in [0.4, 0.5) is 5.95 Å². The Balaban J connectivity index is 1.63. The Morgan fingerprint density at radius 1 is 0.906 bits per heavy atom. The van der Waals surface area contributed by atoms with E-state index in [4.69, 9.17) is 27.9 Å². The third-order valence-electron chi connectivity index (χ3n) is 5.93. The summed E-state index contributed by atoms with van der Waals surface area (Å²) in [6.07, 6.45) is 1.24. The molecule has 4 aromatic rings. The molecular weight excluding hydrogens is 443 g/mol. The molecule has 0 unspecified atom stereocenters. The van der Waals surface area contributed by atoms with E-state index in [1.54, 1.807) is 6.33 Å². The third kappa shape index (κ3) is 3.08. The lowest BCUT2D eigenvalue weighted by Gasteiger charge is -2.39. The first-order valence-electron chi connectivity index (χ1n) is 10.3. The number of hydrogen-bond acceptors (Lipinski definition) is 4. The van der Waals surface area contributed by atoms with Gasteiger partial charge in [0, 0.05) is 21.2 Å². The van der Waals surface area contributed by atoms with Crippen molar-refractivity contribution < 1.29 is 4.74 Å². The molecule has 2 aliphatic heterocycles. The van der Waals surface area contributed by atoms with Crippen LogP contribution in [0.1, 0.15) is 34.4 Å². The highest BCUT2D eigenvalue weighted by molar-refractivity contribution is 6.30. The molecule has 32 heavy (non-hydrogen) atoms. The van der Waals surface area contributed by atoms with E-state index < -0.39 is 0 Å². The molecule has 2 aliphatic rings. The summed E-state index contributed by atoms with van der Waals surface area (Å²) in [5, 5.41) is 9.43. The molecule has 0 saturated heterocycles. The van der Waals surface area contributed by atoms with Gasteiger partial charge in [0.05, 0.1) is 5.70 Å². The lowest BCUT2D eigenvalue weighted by Crippen LogP contribution is -2.32. The van der Waals surface area contributed by atoms with Gasteiger partial charge in [-0.15, -0.1) is 0 Å². The van der Waals surface area contributed by atoms with Crippen molar-refractivity contribution in [1.29, 1.82) is 0 Å². The zero-order valence-electron chi connectivity index (χ0n) is 17.1. The molecule has 0 saturated carbocycles. The zero-order chi connectivity index (χ0) is 21.8. The largest absolute Gasteiger partial charge is 0.480 e. The average molecular weight is 461 g/mol. The van der Waals surface area contributed by atoms with Crippen LogP contribution in [0.2, 0.25) is 10.0 Å². The number of benzene rings is 3. The fourth-order valence-electron chi connectivity index (χ4n) is 4.46. The average Bonchev–Trinajstić information content (AvgIpc) is 3.27. The van der Waals surface area contributed by atoms with Gasteiger partial charge in [0.15, 0.2) is 0 Å². The number of aryl methyl sites for hydroxylation is 1. The van der Waals surface area contributed by atoms with E-state index in [1.807, 2.05) is 59.3 Å². The minimum Gasteiger partial charge on any atom is -0.480 e. The van der Waals surface area contributed by atoms with Gasteiger partial charge in [-0.05, 0) is 54.4 Å². The lowest BCUT2D eigenvalue weighted by atomic mass is 9.84. The summed E-state index contributed by atoms with van der Waals surface area (Å²) in [6.45, 7) is 2.08. The van der Waals surface area contributed by atoms with Crippen LogP contribution in [0.3, 0.4) is 0 Å². The number of anilines is 1. The number of nitrogens with one attached hydrogen (secondary N) is 1. The lowest BCUT2D eigenvalue weighted by molar-refractivity contribution is 0.223. The zero-order valence-corrected chi connectivity index (χ0v) is 18.6. The molecule has 0 radical (unpaired) electrons. The SMILES string of the molecule is Cc1ccc2c(c1)C1=C([C@H](c3ccc(Cl)cc3)n3ncnc3N1)[C@@H](c1ccc(Cl)cc1)O2. The normalized spacial score (nSPS) is 18.8. The molecule has 158 valence electrons. The Morgan fingerprint density at radius 2 is 1.59 bits per heavy atom. The first kappa shape index (κ1) is 19.4. The number of nitrogens with zero attached hydrogens (tertiary/aromatic N) is 3. The van der Waals surface area contributed by atoms with Crippen molar-refractivity contribution in [3.05, 3.63) is 111 Å². The van der Waals surface area contributed by atoms with Crippen LogP contribution < -0.4 is 10.1 Å². The van der Waals surface area contributed by atoms with Crippen LogP contribution in [-0.2, 0) is 0 Å². The maximum atomic E-state index is 6.62. The Morgan fingerprint density at radius 3 is 2.31 bits per heavy atom. The summed E-state index contributed by atoms with van der Waals surface area (Å²) in [5.41, 5.74) is 6.28. The first-order chi connectivity index (χ1) is 15.6. The number of fused-ring (bicyclic) bond motifs is 3. The summed E-state index contributed by atoms with van der Waals surface area (Å²) in [4.78, 5) is 4.47. The summed E-state index contributed by atoms with van der Waals surface area (Å²) in [7, 11) is 0. The maximum absolute atomic E-state index is 6.62. The Labute approximate surface area is 195 Å². The smallest absolute Gasteiger partial charge is 0.226 e. The van der Waals surface area contributed by atoms with E-state index in [1.165, 1.54) is 0 Å². The van der Waals surface area contributed by atoms with E-state index in [9.17, 15) is 0 Å². The standard InChI is InChI=1S/C25H18Cl2N4O/c1-14-2-11-20-19(12-14)22-21(24(32-20)16-5-9-18(27)10-6-16)23(15-3-7-17(26)8-4-15)31-25(30-22)28-13-29-31/h2-13,23-24H,1H3,(H,28,29,30)/t23-,24+/m0/s1. The molecule has 5 nitrogen and oxygen atoms in total. The van der Waals surface area contributed by atoms with E-state index >= 15 is 0 Å². The van der Waals surface area contributed by atoms with Crippen molar-refractivity contribution >= 4 is 34.8 Å². The van der Waals surface area contributed by atoms with Gasteiger partial charge in [0.25, 0.3) is 0 Å². The van der Waals surface area contributed by atoms with Crippen molar-refractivity contribution in [2.24, 2.45) is 0 Å². The highest BCUT2D eigenvalue weighted by Crippen LogP contribution is 2.50. The molecule has 7 heteroatoms. The van der Waals surface area contributed by atoms with Gasteiger partial charge in [0.1, 0.15) is 24.2 Å². The van der Waals surface area contributed by atoms with Crippen LogP contribution in [0.25, 0.3) is 5.70 Å². The molecule has 2 atom stereocenters. The molecule has 0 amide bonds. The van der Waals surface area contributed by atoms with E-state index in [-0.39, 0.29) is 12.1 Å². The molecule has 3 heterocycles. The monoisotopic (exact) mass is 460 g/mol. The molecular formula is C25H18Cl2N4O. The second-order valence-corrected chi connectivity index (χ2v) is 8.86. The quantitative estimate of drug-likeness (QED) is 0.373. The van der Waals surface area contributed by atoms with Crippen molar-refractivity contribution in [2.45, 2.75) is 19.1 Å². The molecule has 3 aromatic carbocycles. The molecule has 0 fully saturated rings. The van der Waals surface area contributed by atoms with Crippen LogP contribution in [0.5, 0.6) is 5.75 Å².